The molecule has 108 valence electrons. The summed E-state index contributed by atoms with van der Waals surface area (Å²) < 4.78 is 5.29. The number of nitrogens with two attached hydrogens (primary N) is 1. The fraction of sp³-hybridized carbons (Fsp3) is 0.727. The van der Waals surface area contributed by atoms with Gasteiger partial charge in [0, 0.05) is 13.2 Å². The fourth-order valence-corrected chi connectivity index (χ4v) is 1.38. The smallest absolute Gasteiger partial charge is 0.326 e. The minimum Gasteiger partial charge on any atom is -0.480 e. The number of ether oxygens (including phenoxy) is 1. The van der Waals surface area contributed by atoms with Gasteiger partial charge in [-0.15, -0.1) is 0 Å². The van der Waals surface area contributed by atoms with E-state index in [9.17, 15) is 14.4 Å². The van der Waals surface area contributed by atoms with Gasteiger partial charge in [-0.1, -0.05) is 0 Å². The van der Waals surface area contributed by atoms with Gasteiger partial charge in [0.05, 0.1) is 13.0 Å². The van der Waals surface area contributed by atoms with Crippen LogP contribution in [0.25, 0.3) is 0 Å². The van der Waals surface area contributed by atoms with Crippen molar-refractivity contribution >= 4 is 17.9 Å². The van der Waals surface area contributed by atoms with E-state index in [0.29, 0.717) is 19.1 Å². The lowest BCUT2D eigenvalue weighted by atomic mass is 10.2. The van der Waals surface area contributed by atoms with Crippen molar-refractivity contribution in [3.8, 4) is 0 Å². The first-order chi connectivity index (χ1) is 8.99. The molecule has 1 fully saturated rings. The lowest BCUT2D eigenvalue weighted by Crippen LogP contribution is -2.48. The number of hydrogen-bond acceptors (Lipinski definition) is 4. The molecule has 1 saturated carbocycles. The molecule has 5 N–H and O–H groups in total. The molecule has 8 nitrogen and oxygen atoms in total. The Kier molecular flexibility index (Phi) is 6.07. The van der Waals surface area contributed by atoms with Crippen LogP contribution >= 0.6 is 0 Å². The Morgan fingerprint density at radius 3 is 2.58 bits per heavy atom. The maximum Gasteiger partial charge on any atom is 0.326 e. The van der Waals surface area contributed by atoms with E-state index in [2.05, 4.69) is 10.6 Å². The molecule has 19 heavy (non-hydrogen) atoms. The average Bonchev–Trinajstić information content (AvgIpc) is 3.11. The maximum absolute atomic E-state index is 11.4. The predicted octanol–water partition coefficient (Wildman–Crippen LogP) is -0.959. The van der Waals surface area contributed by atoms with Crippen molar-refractivity contribution in [3.05, 3.63) is 0 Å². The first kappa shape index (κ1) is 15.2. The third-order valence-corrected chi connectivity index (χ3v) is 2.59. The second kappa shape index (κ2) is 7.57. The highest BCUT2D eigenvalue weighted by molar-refractivity contribution is 5.87. The number of nitrogens with one attached hydrogen (secondary N) is 2. The van der Waals surface area contributed by atoms with Crippen LogP contribution in [-0.4, -0.2) is 48.8 Å². The highest BCUT2D eigenvalue weighted by atomic mass is 16.5. The summed E-state index contributed by atoms with van der Waals surface area (Å²) in [7, 11) is 0. The Hall–Kier alpha value is -1.83. The van der Waals surface area contributed by atoms with Crippen molar-refractivity contribution in [2.75, 3.05) is 19.8 Å². The molecular weight excluding hydrogens is 254 g/mol. The van der Waals surface area contributed by atoms with Crippen molar-refractivity contribution in [2.45, 2.75) is 25.3 Å². The first-order valence-electron chi connectivity index (χ1n) is 6.12. The monoisotopic (exact) mass is 273 g/mol. The fourth-order valence-electron chi connectivity index (χ4n) is 1.38. The summed E-state index contributed by atoms with van der Waals surface area (Å²) in [6.45, 7) is 1.35. The summed E-state index contributed by atoms with van der Waals surface area (Å²) in [5.74, 6) is -1.44. The van der Waals surface area contributed by atoms with Gasteiger partial charge in [-0.2, -0.15) is 0 Å². The van der Waals surface area contributed by atoms with Gasteiger partial charge in [0.15, 0.2) is 0 Å². The van der Waals surface area contributed by atoms with Gasteiger partial charge in [-0.05, 0) is 18.8 Å². The third kappa shape index (κ3) is 7.24. The molecule has 8 heteroatoms. The standard InChI is InChI=1S/C11H19N3O5/c12-9(15)5-8(10(16)17)14-11(18)13-3-4-19-6-7-1-2-7/h7-8H,1-6H2,(H2,12,15)(H,16,17)(H2,13,14,18). The van der Waals surface area contributed by atoms with Crippen LogP contribution < -0.4 is 16.4 Å². The van der Waals surface area contributed by atoms with E-state index in [-0.39, 0.29) is 6.54 Å². The second-order valence-corrected chi connectivity index (χ2v) is 4.48. The summed E-state index contributed by atoms with van der Waals surface area (Å²) in [6, 6.07) is -1.98. The van der Waals surface area contributed by atoms with Crippen LogP contribution in [-0.2, 0) is 14.3 Å². The van der Waals surface area contributed by atoms with Gasteiger partial charge in [0.2, 0.25) is 5.91 Å². The molecule has 0 bridgehead atoms. The molecule has 1 rings (SSSR count). The van der Waals surface area contributed by atoms with E-state index >= 15 is 0 Å². The molecule has 0 heterocycles. The number of carbonyl (C=O) groups is 3. The summed E-state index contributed by atoms with van der Waals surface area (Å²) in [5, 5.41) is 13.4. The minimum absolute atomic E-state index is 0.279. The molecule has 1 unspecified atom stereocenters. The molecule has 3 amide bonds. The lowest BCUT2D eigenvalue weighted by Gasteiger charge is -2.13. The minimum atomic E-state index is -1.31. The Morgan fingerprint density at radius 1 is 1.37 bits per heavy atom. The zero-order chi connectivity index (χ0) is 14.3. The highest BCUT2D eigenvalue weighted by Gasteiger charge is 2.22. The van der Waals surface area contributed by atoms with E-state index in [1.54, 1.807) is 0 Å². The highest BCUT2D eigenvalue weighted by Crippen LogP contribution is 2.28. The number of hydrogen-bond donors (Lipinski definition) is 4. The van der Waals surface area contributed by atoms with E-state index in [1.807, 2.05) is 0 Å². The summed E-state index contributed by atoms with van der Waals surface area (Å²) in [6.07, 6.45) is 1.95. The van der Waals surface area contributed by atoms with Crippen molar-refractivity contribution < 1.29 is 24.2 Å². The van der Waals surface area contributed by atoms with Gasteiger partial charge < -0.3 is 26.2 Å². The molecule has 0 aliphatic heterocycles. The maximum atomic E-state index is 11.4. The Labute approximate surface area is 110 Å². The van der Waals surface area contributed by atoms with E-state index in [4.69, 9.17) is 15.6 Å². The number of carboxylic acid groups (broad SMARTS) is 1. The van der Waals surface area contributed by atoms with Gasteiger partial charge >= 0.3 is 12.0 Å². The molecule has 0 aromatic heterocycles. The van der Waals surface area contributed by atoms with Gasteiger partial charge in [-0.3, -0.25) is 4.79 Å². The molecule has 1 aliphatic rings. The van der Waals surface area contributed by atoms with Crippen molar-refractivity contribution in [1.29, 1.82) is 0 Å². The Morgan fingerprint density at radius 2 is 2.05 bits per heavy atom. The van der Waals surface area contributed by atoms with E-state index < -0.39 is 30.4 Å². The molecule has 0 radical (unpaired) electrons. The van der Waals surface area contributed by atoms with Crippen molar-refractivity contribution in [1.82, 2.24) is 10.6 Å². The molecule has 0 aromatic carbocycles. The number of carbonyl (C=O) groups excluding carboxylic acids is 2. The molecule has 0 aromatic rings. The number of carboxylic acids is 1. The zero-order valence-electron chi connectivity index (χ0n) is 10.6. The van der Waals surface area contributed by atoms with Crippen LogP contribution in [0.1, 0.15) is 19.3 Å². The second-order valence-electron chi connectivity index (χ2n) is 4.48. The van der Waals surface area contributed by atoms with Crippen LogP contribution in [0.5, 0.6) is 0 Å². The first-order valence-corrected chi connectivity index (χ1v) is 6.12. The van der Waals surface area contributed by atoms with Gasteiger partial charge in [-0.25, -0.2) is 9.59 Å². The van der Waals surface area contributed by atoms with Crippen LogP contribution in [0.4, 0.5) is 4.79 Å². The number of aliphatic carboxylic acids is 1. The summed E-state index contributed by atoms with van der Waals surface area (Å²) >= 11 is 0. The lowest BCUT2D eigenvalue weighted by molar-refractivity contribution is -0.140. The third-order valence-electron chi connectivity index (χ3n) is 2.59. The van der Waals surface area contributed by atoms with E-state index in [1.165, 1.54) is 12.8 Å². The normalized spacial score (nSPS) is 15.6. The van der Waals surface area contributed by atoms with Crippen molar-refractivity contribution in [3.63, 3.8) is 0 Å². The molecule has 1 aliphatic carbocycles. The summed E-state index contributed by atoms with van der Waals surface area (Å²) in [5.41, 5.74) is 4.89. The van der Waals surface area contributed by atoms with Gasteiger partial charge in [0.1, 0.15) is 6.04 Å². The largest absolute Gasteiger partial charge is 0.480 e. The number of amides is 3. The van der Waals surface area contributed by atoms with Crippen LogP contribution in [0.3, 0.4) is 0 Å². The Balaban J connectivity index is 2.12. The topological polar surface area (TPSA) is 131 Å². The number of urea groups is 1. The van der Waals surface area contributed by atoms with Gasteiger partial charge in [0.25, 0.3) is 0 Å². The van der Waals surface area contributed by atoms with Crippen LogP contribution in [0.2, 0.25) is 0 Å². The molecule has 0 saturated heterocycles. The molecule has 0 spiro atoms. The molecular formula is C11H19N3O5. The van der Waals surface area contributed by atoms with Crippen LogP contribution in [0.15, 0.2) is 0 Å². The summed E-state index contributed by atoms with van der Waals surface area (Å²) in [4.78, 5) is 32.7. The van der Waals surface area contributed by atoms with Crippen molar-refractivity contribution in [2.24, 2.45) is 11.7 Å². The Bertz CT molecular complexity index is 343. The zero-order valence-corrected chi connectivity index (χ0v) is 10.6. The SMILES string of the molecule is NC(=O)CC(NC(=O)NCCOCC1CC1)C(=O)O. The quantitative estimate of drug-likeness (QED) is 0.402. The number of primary amides is 1. The number of rotatable bonds is 9. The molecule has 1 atom stereocenters. The predicted molar refractivity (Wildman–Crippen MR) is 65.3 cm³/mol. The van der Waals surface area contributed by atoms with E-state index in [0.717, 1.165) is 0 Å². The average molecular weight is 273 g/mol. The van der Waals surface area contributed by atoms with Crippen LogP contribution in [0, 0.1) is 5.92 Å².